The van der Waals surface area contributed by atoms with Crippen molar-refractivity contribution in [3.05, 3.63) is 28.2 Å². The second-order valence-corrected chi connectivity index (χ2v) is 5.81. The molecule has 2 unspecified atom stereocenters. The fraction of sp³-hybridized carbons (Fsp3) is 0.385. The number of rotatable bonds is 3. The SMILES string of the molecule is CC1OCCC1C(=O)Nc1ccc(C(N)=S)cc1Br. The van der Waals surface area contributed by atoms with Crippen LogP contribution in [0.4, 0.5) is 5.69 Å². The van der Waals surface area contributed by atoms with E-state index in [1.54, 1.807) is 18.2 Å². The summed E-state index contributed by atoms with van der Waals surface area (Å²) in [6.45, 7) is 2.56. The molecule has 1 aliphatic heterocycles. The van der Waals surface area contributed by atoms with E-state index in [1.165, 1.54) is 0 Å². The molecule has 0 radical (unpaired) electrons. The smallest absolute Gasteiger partial charge is 0.230 e. The number of nitrogens with two attached hydrogens (primary N) is 1. The molecule has 0 bridgehead atoms. The maximum atomic E-state index is 12.1. The van der Waals surface area contributed by atoms with Crippen molar-refractivity contribution in [2.75, 3.05) is 11.9 Å². The third kappa shape index (κ3) is 3.32. The minimum atomic E-state index is -0.0952. The summed E-state index contributed by atoms with van der Waals surface area (Å²) in [5.41, 5.74) is 7.03. The van der Waals surface area contributed by atoms with Crippen LogP contribution in [0.25, 0.3) is 0 Å². The average Bonchev–Trinajstić information content (AvgIpc) is 2.77. The lowest BCUT2D eigenvalue weighted by Crippen LogP contribution is -2.27. The number of carbonyl (C=O) groups is 1. The lowest BCUT2D eigenvalue weighted by atomic mass is 10.0. The van der Waals surface area contributed by atoms with Gasteiger partial charge in [0.15, 0.2) is 0 Å². The molecule has 2 atom stereocenters. The summed E-state index contributed by atoms with van der Waals surface area (Å²) in [7, 11) is 0. The molecule has 1 heterocycles. The highest BCUT2D eigenvalue weighted by atomic mass is 79.9. The van der Waals surface area contributed by atoms with Crippen LogP contribution in [0.15, 0.2) is 22.7 Å². The van der Waals surface area contributed by atoms with Gasteiger partial charge in [0.25, 0.3) is 0 Å². The summed E-state index contributed by atoms with van der Waals surface area (Å²) in [6, 6.07) is 5.38. The highest BCUT2D eigenvalue weighted by Gasteiger charge is 2.30. The van der Waals surface area contributed by atoms with Crippen molar-refractivity contribution in [1.29, 1.82) is 0 Å². The maximum Gasteiger partial charge on any atom is 0.230 e. The lowest BCUT2D eigenvalue weighted by Gasteiger charge is -2.15. The van der Waals surface area contributed by atoms with E-state index >= 15 is 0 Å². The van der Waals surface area contributed by atoms with Crippen LogP contribution < -0.4 is 11.1 Å². The fourth-order valence-corrected chi connectivity index (χ4v) is 2.68. The monoisotopic (exact) mass is 342 g/mol. The lowest BCUT2D eigenvalue weighted by molar-refractivity contribution is -0.121. The largest absolute Gasteiger partial charge is 0.389 e. The molecule has 0 saturated carbocycles. The first kappa shape index (κ1) is 14.4. The molecule has 0 spiro atoms. The van der Waals surface area contributed by atoms with Gasteiger partial charge in [0.1, 0.15) is 4.99 Å². The van der Waals surface area contributed by atoms with Crippen LogP contribution in [0.1, 0.15) is 18.9 Å². The first-order chi connectivity index (χ1) is 8.99. The molecule has 3 N–H and O–H groups in total. The second-order valence-electron chi connectivity index (χ2n) is 4.52. The van der Waals surface area contributed by atoms with Gasteiger partial charge in [0, 0.05) is 16.6 Å². The number of halogens is 1. The van der Waals surface area contributed by atoms with Gasteiger partial charge in [0.05, 0.1) is 17.7 Å². The molecule has 0 aliphatic carbocycles. The second kappa shape index (κ2) is 5.98. The maximum absolute atomic E-state index is 12.1. The number of hydrogen-bond acceptors (Lipinski definition) is 3. The molecule has 1 aromatic carbocycles. The molecule has 19 heavy (non-hydrogen) atoms. The van der Waals surface area contributed by atoms with Gasteiger partial charge in [-0.25, -0.2) is 0 Å². The third-order valence-electron chi connectivity index (χ3n) is 3.22. The van der Waals surface area contributed by atoms with E-state index in [4.69, 9.17) is 22.7 Å². The Balaban J connectivity index is 2.11. The zero-order chi connectivity index (χ0) is 14.0. The van der Waals surface area contributed by atoms with Crippen LogP contribution in [0.5, 0.6) is 0 Å². The number of amides is 1. The zero-order valence-electron chi connectivity index (χ0n) is 10.5. The van der Waals surface area contributed by atoms with E-state index in [1.807, 2.05) is 6.92 Å². The molecule has 0 aromatic heterocycles. The minimum Gasteiger partial charge on any atom is -0.389 e. The quantitative estimate of drug-likeness (QED) is 0.828. The van der Waals surface area contributed by atoms with Gasteiger partial charge in [-0.2, -0.15) is 0 Å². The number of carbonyl (C=O) groups excluding carboxylic acids is 1. The van der Waals surface area contributed by atoms with Gasteiger partial charge < -0.3 is 15.8 Å². The molecule has 1 fully saturated rings. The molecule has 102 valence electrons. The summed E-state index contributed by atoms with van der Waals surface area (Å²) in [5, 5.41) is 2.90. The van der Waals surface area contributed by atoms with Crippen molar-refractivity contribution in [3.63, 3.8) is 0 Å². The number of benzene rings is 1. The van der Waals surface area contributed by atoms with Crippen LogP contribution in [0.2, 0.25) is 0 Å². The standard InChI is InChI=1S/C13H15BrN2O2S/c1-7-9(4-5-18-7)13(17)16-11-3-2-8(12(15)19)6-10(11)14/h2-3,6-7,9H,4-5H2,1H3,(H2,15,19)(H,16,17). The molecule has 1 aromatic rings. The fourth-order valence-electron chi connectivity index (χ4n) is 2.07. The van der Waals surface area contributed by atoms with E-state index in [-0.39, 0.29) is 17.9 Å². The van der Waals surface area contributed by atoms with E-state index in [0.717, 1.165) is 16.5 Å². The van der Waals surface area contributed by atoms with Crippen molar-refractivity contribution in [1.82, 2.24) is 0 Å². The first-order valence-corrected chi connectivity index (χ1v) is 7.21. The molecule has 1 amide bonds. The van der Waals surface area contributed by atoms with E-state index in [2.05, 4.69) is 21.2 Å². The van der Waals surface area contributed by atoms with Gasteiger partial charge in [-0.3, -0.25) is 4.79 Å². The van der Waals surface area contributed by atoms with Crippen LogP contribution in [0, 0.1) is 5.92 Å². The number of anilines is 1. The Labute approximate surface area is 125 Å². The van der Waals surface area contributed by atoms with Crippen molar-refractivity contribution in [3.8, 4) is 0 Å². The Morgan fingerprint density at radius 2 is 2.32 bits per heavy atom. The Hall–Kier alpha value is -0.980. The van der Waals surface area contributed by atoms with Gasteiger partial charge >= 0.3 is 0 Å². The Morgan fingerprint density at radius 3 is 2.84 bits per heavy atom. The van der Waals surface area contributed by atoms with Crippen molar-refractivity contribution in [2.45, 2.75) is 19.4 Å². The zero-order valence-corrected chi connectivity index (χ0v) is 12.9. The Bertz CT molecular complexity index is 521. The van der Waals surface area contributed by atoms with Crippen LogP contribution in [0.3, 0.4) is 0 Å². The normalized spacial score (nSPS) is 22.2. The van der Waals surface area contributed by atoms with Gasteiger partial charge in [-0.05, 0) is 47.5 Å². The predicted molar refractivity (Wildman–Crippen MR) is 82.2 cm³/mol. The molecule has 2 rings (SSSR count). The first-order valence-electron chi connectivity index (χ1n) is 6.01. The third-order valence-corrected chi connectivity index (χ3v) is 4.12. The summed E-state index contributed by atoms with van der Waals surface area (Å²) >= 11 is 8.32. The molecular formula is C13H15BrN2O2S. The van der Waals surface area contributed by atoms with Crippen LogP contribution >= 0.6 is 28.1 Å². The van der Waals surface area contributed by atoms with Gasteiger partial charge in [-0.1, -0.05) is 12.2 Å². The summed E-state index contributed by atoms with van der Waals surface area (Å²) in [6.07, 6.45) is 0.727. The van der Waals surface area contributed by atoms with Crippen molar-refractivity contribution < 1.29 is 9.53 Å². The highest BCUT2D eigenvalue weighted by molar-refractivity contribution is 9.10. The highest BCUT2D eigenvalue weighted by Crippen LogP contribution is 2.27. The van der Waals surface area contributed by atoms with Gasteiger partial charge in [0.2, 0.25) is 5.91 Å². The molecular weight excluding hydrogens is 328 g/mol. The topological polar surface area (TPSA) is 64.3 Å². The van der Waals surface area contributed by atoms with Crippen LogP contribution in [-0.2, 0) is 9.53 Å². The summed E-state index contributed by atoms with van der Waals surface area (Å²) in [4.78, 5) is 12.5. The summed E-state index contributed by atoms with van der Waals surface area (Å²) < 4.78 is 6.16. The minimum absolute atomic E-state index is 0.0197. The Morgan fingerprint density at radius 1 is 1.58 bits per heavy atom. The predicted octanol–water partition coefficient (Wildman–Crippen LogP) is 2.45. The molecule has 4 nitrogen and oxygen atoms in total. The summed E-state index contributed by atoms with van der Waals surface area (Å²) in [5.74, 6) is -0.115. The molecule has 1 aliphatic rings. The van der Waals surface area contributed by atoms with E-state index < -0.39 is 0 Å². The van der Waals surface area contributed by atoms with Gasteiger partial charge in [-0.15, -0.1) is 0 Å². The van der Waals surface area contributed by atoms with Crippen molar-refractivity contribution >= 4 is 44.7 Å². The number of thiocarbonyl (C=S) groups is 1. The number of hydrogen-bond donors (Lipinski definition) is 2. The number of ether oxygens (including phenoxy) is 1. The molecule has 6 heteroatoms. The van der Waals surface area contributed by atoms with E-state index in [9.17, 15) is 4.79 Å². The van der Waals surface area contributed by atoms with E-state index in [0.29, 0.717) is 17.3 Å². The molecule has 1 saturated heterocycles. The van der Waals surface area contributed by atoms with Crippen molar-refractivity contribution in [2.24, 2.45) is 11.7 Å². The number of nitrogens with one attached hydrogen (secondary N) is 1. The Kier molecular flexibility index (Phi) is 4.54. The average molecular weight is 343 g/mol. The van der Waals surface area contributed by atoms with Crippen LogP contribution in [-0.4, -0.2) is 23.6 Å².